The smallest absolute Gasteiger partial charge is 0.347 e. The summed E-state index contributed by atoms with van der Waals surface area (Å²) in [5.41, 5.74) is 1.51. The molecule has 0 aliphatic carbocycles. The first-order valence-electron chi connectivity index (χ1n) is 9.45. The summed E-state index contributed by atoms with van der Waals surface area (Å²) in [6.45, 7) is 0. The third-order valence-electron chi connectivity index (χ3n) is 4.52. The highest BCUT2D eigenvalue weighted by Gasteiger charge is 2.14. The molecule has 0 spiro atoms. The van der Waals surface area contributed by atoms with Crippen LogP contribution in [0.2, 0.25) is 0 Å². The maximum atomic E-state index is 12.6. The highest BCUT2D eigenvalue weighted by Crippen LogP contribution is 2.25. The lowest BCUT2D eigenvalue weighted by molar-refractivity contribution is 0.0731. The molecule has 0 saturated carbocycles. The van der Waals surface area contributed by atoms with Gasteiger partial charge in [-0.3, -0.25) is 4.79 Å². The number of methoxy groups -OCH3 is 3. The molecule has 0 radical (unpaired) electrons. The number of rotatable bonds is 8. The van der Waals surface area contributed by atoms with Gasteiger partial charge in [-0.2, -0.15) is 0 Å². The maximum absolute atomic E-state index is 12.6. The highest BCUT2D eigenvalue weighted by atomic mass is 16.5. The molecule has 0 unspecified atom stereocenters. The molecule has 31 heavy (non-hydrogen) atoms. The fourth-order valence-corrected chi connectivity index (χ4v) is 2.89. The summed E-state index contributed by atoms with van der Waals surface area (Å²) in [6.07, 6.45) is 3.13. The quantitative estimate of drug-likeness (QED) is 0.226. The summed E-state index contributed by atoms with van der Waals surface area (Å²) >= 11 is 0. The zero-order chi connectivity index (χ0) is 22.2. The lowest BCUT2D eigenvalue weighted by Gasteiger charge is -2.08. The average molecular weight is 418 g/mol. The number of hydrogen-bond donors (Lipinski definition) is 0. The predicted octanol–water partition coefficient (Wildman–Crippen LogP) is 4.83. The Morgan fingerprint density at radius 1 is 0.710 bits per heavy atom. The van der Waals surface area contributed by atoms with Crippen molar-refractivity contribution in [2.75, 3.05) is 21.3 Å². The van der Waals surface area contributed by atoms with Crippen LogP contribution in [0.15, 0.2) is 72.8 Å². The first kappa shape index (κ1) is 21.6. The summed E-state index contributed by atoms with van der Waals surface area (Å²) in [6, 6.07) is 18.7. The molecule has 3 aromatic rings. The Balaban J connectivity index is 1.70. The first-order chi connectivity index (χ1) is 15.0. The van der Waals surface area contributed by atoms with E-state index in [2.05, 4.69) is 0 Å². The molecule has 3 rings (SSSR count). The van der Waals surface area contributed by atoms with Gasteiger partial charge in [0.25, 0.3) is 0 Å². The van der Waals surface area contributed by atoms with Crippen LogP contribution >= 0.6 is 0 Å². The minimum Gasteiger partial charge on any atom is -0.497 e. The Morgan fingerprint density at radius 2 is 1.35 bits per heavy atom. The second-order valence-electron chi connectivity index (χ2n) is 6.42. The van der Waals surface area contributed by atoms with Crippen molar-refractivity contribution < 1.29 is 28.5 Å². The van der Waals surface area contributed by atoms with Gasteiger partial charge in [-0.05, 0) is 54.1 Å². The lowest BCUT2D eigenvalue weighted by atomic mass is 10.1. The number of esters is 1. The van der Waals surface area contributed by atoms with E-state index in [4.69, 9.17) is 18.9 Å². The van der Waals surface area contributed by atoms with Crippen molar-refractivity contribution in [1.29, 1.82) is 0 Å². The van der Waals surface area contributed by atoms with Gasteiger partial charge in [0.15, 0.2) is 5.78 Å². The molecule has 0 aliphatic rings. The fourth-order valence-electron chi connectivity index (χ4n) is 2.89. The zero-order valence-corrected chi connectivity index (χ0v) is 17.5. The topological polar surface area (TPSA) is 71.1 Å². The number of ether oxygens (including phenoxy) is 4. The van der Waals surface area contributed by atoms with Crippen LogP contribution in [0.25, 0.3) is 6.08 Å². The van der Waals surface area contributed by atoms with E-state index in [1.807, 2.05) is 0 Å². The Labute approximate surface area is 180 Å². The van der Waals surface area contributed by atoms with Crippen molar-refractivity contribution in [1.82, 2.24) is 0 Å². The molecule has 0 aliphatic heterocycles. The fraction of sp³-hybridized carbons (Fsp3) is 0.120. The van der Waals surface area contributed by atoms with Crippen LogP contribution in [0.1, 0.15) is 26.3 Å². The molecule has 0 heterocycles. The molecule has 0 bridgehead atoms. The summed E-state index contributed by atoms with van der Waals surface area (Å²) in [4.78, 5) is 25.0. The zero-order valence-electron chi connectivity index (χ0n) is 17.5. The molecule has 6 nitrogen and oxygen atoms in total. The maximum Gasteiger partial charge on any atom is 0.347 e. The van der Waals surface area contributed by atoms with Crippen LogP contribution in [-0.2, 0) is 0 Å². The van der Waals surface area contributed by atoms with E-state index in [9.17, 15) is 9.59 Å². The molecule has 3 aromatic carbocycles. The van der Waals surface area contributed by atoms with Gasteiger partial charge in [-0.1, -0.05) is 30.3 Å². The summed E-state index contributed by atoms with van der Waals surface area (Å²) < 4.78 is 21.0. The Kier molecular flexibility index (Phi) is 7.06. The second-order valence-corrected chi connectivity index (χ2v) is 6.42. The number of carbonyl (C=O) groups is 2. The van der Waals surface area contributed by atoms with Crippen LogP contribution in [0, 0.1) is 0 Å². The highest BCUT2D eigenvalue weighted by molar-refractivity contribution is 6.08. The van der Waals surface area contributed by atoms with E-state index in [1.54, 1.807) is 72.8 Å². The molecule has 6 heteroatoms. The van der Waals surface area contributed by atoms with E-state index in [1.165, 1.54) is 27.4 Å². The van der Waals surface area contributed by atoms with Crippen LogP contribution in [0.4, 0.5) is 0 Å². The Hall–Kier alpha value is -4.06. The van der Waals surface area contributed by atoms with Crippen LogP contribution in [-0.4, -0.2) is 33.1 Å². The molecule has 0 aromatic heterocycles. The van der Waals surface area contributed by atoms with Crippen molar-refractivity contribution in [2.45, 2.75) is 0 Å². The normalized spacial score (nSPS) is 10.5. The summed E-state index contributed by atoms with van der Waals surface area (Å²) in [5, 5.41) is 0. The van der Waals surface area contributed by atoms with Crippen LogP contribution in [0.3, 0.4) is 0 Å². The summed E-state index contributed by atoms with van der Waals surface area (Å²) in [5.74, 6) is 1.13. The van der Waals surface area contributed by atoms with Crippen LogP contribution in [0.5, 0.6) is 23.0 Å². The van der Waals surface area contributed by atoms with E-state index in [0.717, 1.165) is 5.56 Å². The standard InChI is InChI=1S/C25H22O6/c1-28-19-13-15-24(30-3)21(16-19)22(26)14-10-17-8-11-18(12-9-17)31-25(27)20-6-4-5-7-23(20)29-2/h4-16H,1-3H3. The van der Waals surface area contributed by atoms with Crippen molar-refractivity contribution in [3.05, 3.63) is 89.5 Å². The molecule has 0 atom stereocenters. The van der Waals surface area contributed by atoms with E-state index in [0.29, 0.717) is 34.1 Å². The van der Waals surface area contributed by atoms with Gasteiger partial charge in [0.2, 0.25) is 0 Å². The van der Waals surface area contributed by atoms with Crippen molar-refractivity contribution in [2.24, 2.45) is 0 Å². The van der Waals surface area contributed by atoms with E-state index < -0.39 is 5.97 Å². The Bertz CT molecular complexity index is 1100. The van der Waals surface area contributed by atoms with Gasteiger partial charge < -0.3 is 18.9 Å². The number of carbonyl (C=O) groups excluding carboxylic acids is 2. The van der Waals surface area contributed by atoms with Gasteiger partial charge in [-0.15, -0.1) is 0 Å². The molecule has 0 amide bonds. The minimum absolute atomic E-state index is 0.220. The molecular weight excluding hydrogens is 396 g/mol. The molecule has 0 fully saturated rings. The largest absolute Gasteiger partial charge is 0.497 e. The van der Waals surface area contributed by atoms with E-state index >= 15 is 0 Å². The SMILES string of the molecule is COc1ccc(OC)c(C(=O)C=Cc2ccc(OC(=O)c3ccccc3OC)cc2)c1. The molecule has 0 saturated heterocycles. The monoisotopic (exact) mass is 418 g/mol. The van der Waals surface area contributed by atoms with Crippen LogP contribution < -0.4 is 18.9 Å². The Morgan fingerprint density at radius 3 is 2.03 bits per heavy atom. The number of para-hydroxylation sites is 1. The second kappa shape index (κ2) is 10.1. The molecule has 0 N–H and O–H groups in total. The van der Waals surface area contributed by atoms with Gasteiger partial charge in [-0.25, -0.2) is 4.79 Å². The first-order valence-corrected chi connectivity index (χ1v) is 9.45. The van der Waals surface area contributed by atoms with Gasteiger partial charge in [0, 0.05) is 0 Å². The number of allylic oxidation sites excluding steroid dienone is 1. The van der Waals surface area contributed by atoms with Gasteiger partial charge >= 0.3 is 5.97 Å². The van der Waals surface area contributed by atoms with E-state index in [-0.39, 0.29) is 5.78 Å². The average Bonchev–Trinajstić information content (AvgIpc) is 2.82. The number of ketones is 1. The third-order valence-corrected chi connectivity index (χ3v) is 4.52. The molecule has 158 valence electrons. The predicted molar refractivity (Wildman–Crippen MR) is 117 cm³/mol. The van der Waals surface area contributed by atoms with Crippen molar-refractivity contribution >= 4 is 17.8 Å². The molecular formula is C25H22O6. The lowest BCUT2D eigenvalue weighted by Crippen LogP contribution is -2.09. The van der Waals surface area contributed by atoms with Crippen molar-refractivity contribution in [3.8, 4) is 23.0 Å². The van der Waals surface area contributed by atoms with Gasteiger partial charge in [0.1, 0.15) is 28.6 Å². The third kappa shape index (κ3) is 5.30. The number of benzene rings is 3. The van der Waals surface area contributed by atoms with Crippen molar-refractivity contribution in [3.63, 3.8) is 0 Å². The minimum atomic E-state index is -0.513. The van der Waals surface area contributed by atoms with Gasteiger partial charge in [0.05, 0.1) is 26.9 Å². The number of hydrogen-bond acceptors (Lipinski definition) is 6. The summed E-state index contributed by atoms with van der Waals surface area (Å²) in [7, 11) is 4.54.